The van der Waals surface area contributed by atoms with E-state index in [0.717, 1.165) is 0 Å². The van der Waals surface area contributed by atoms with Crippen molar-refractivity contribution in [3.05, 3.63) is 23.2 Å². The number of fused-ring (bicyclic) bond motifs is 1. The van der Waals surface area contributed by atoms with E-state index < -0.39 is 0 Å². The highest BCUT2D eigenvalue weighted by Crippen LogP contribution is 2.36. The van der Waals surface area contributed by atoms with Gasteiger partial charge in [-0.2, -0.15) is 0 Å². The lowest BCUT2D eigenvalue weighted by Gasteiger charge is -2.18. The highest BCUT2D eigenvalue weighted by molar-refractivity contribution is 6.32. The van der Waals surface area contributed by atoms with Gasteiger partial charge in [0.2, 0.25) is 0 Å². The van der Waals surface area contributed by atoms with Crippen LogP contribution in [0.25, 0.3) is 0 Å². The van der Waals surface area contributed by atoms with Crippen molar-refractivity contribution < 1.29 is 9.47 Å². The Kier molecular flexibility index (Phi) is 1.62. The summed E-state index contributed by atoms with van der Waals surface area (Å²) < 4.78 is 10.5. The van der Waals surface area contributed by atoms with E-state index in [0.29, 0.717) is 29.7 Å². The SMILES string of the molecule is Clc1c[c]cc2c1OCCO2. The summed E-state index contributed by atoms with van der Waals surface area (Å²) in [6, 6.07) is 6.24. The molecule has 3 heteroatoms. The van der Waals surface area contributed by atoms with Gasteiger partial charge in [0.1, 0.15) is 13.2 Å². The van der Waals surface area contributed by atoms with Crippen LogP contribution in [0, 0.1) is 6.07 Å². The van der Waals surface area contributed by atoms with Crippen LogP contribution >= 0.6 is 11.6 Å². The minimum Gasteiger partial charge on any atom is -0.486 e. The lowest BCUT2D eigenvalue weighted by molar-refractivity contribution is 0.171. The molecule has 0 unspecified atom stereocenters. The lowest BCUT2D eigenvalue weighted by Crippen LogP contribution is -2.15. The molecule has 2 rings (SSSR count). The van der Waals surface area contributed by atoms with Gasteiger partial charge in [-0.25, -0.2) is 0 Å². The van der Waals surface area contributed by atoms with Gasteiger partial charge in [0, 0.05) is 0 Å². The summed E-state index contributed by atoms with van der Waals surface area (Å²) in [5.41, 5.74) is 0. The summed E-state index contributed by atoms with van der Waals surface area (Å²) in [5, 5.41) is 0.558. The molecule has 0 fully saturated rings. The normalized spacial score (nSPS) is 14.6. The monoisotopic (exact) mass is 169 g/mol. The molecule has 1 aromatic carbocycles. The first kappa shape index (κ1) is 6.80. The average Bonchev–Trinajstić information content (AvgIpc) is 2.06. The predicted octanol–water partition coefficient (Wildman–Crippen LogP) is 1.91. The van der Waals surface area contributed by atoms with Crippen molar-refractivity contribution in [2.45, 2.75) is 0 Å². The third-order valence-electron chi connectivity index (χ3n) is 1.45. The highest BCUT2D eigenvalue weighted by atomic mass is 35.5. The molecule has 0 N–H and O–H groups in total. The maximum Gasteiger partial charge on any atom is 0.179 e. The molecule has 0 spiro atoms. The van der Waals surface area contributed by atoms with E-state index in [9.17, 15) is 0 Å². The smallest absolute Gasteiger partial charge is 0.179 e. The summed E-state index contributed by atoms with van der Waals surface area (Å²) in [6.07, 6.45) is 0. The second kappa shape index (κ2) is 2.62. The Balaban J connectivity index is 2.49. The van der Waals surface area contributed by atoms with E-state index in [4.69, 9.17) is 21.1 Å². The Morgan fingerprint density at radius 3 is 2.91 bits per heavy atom. The van der Waals surface area contributed by atoms with Crippen LogP contribution < -0.4 is 9.47 Å². The molecule has 57 valence electrons. The van der Waals surface area contributed by atoms with Gasteiger partial charge in [-0.05, 0) is 18.2 Å². The van der Waals surface area contributed by atoms with E-state index in [1.165, 1.54) is 0 Å². The Morgan fingerprint density at radius 2 is 2.09 bits per heavy atom. The van der Waals surface area contributed by atoms with Crippen molar-refractivity contribution in [2.24, 2.45) is 0 Å². The zero-order chi connectivity index (χ0) is 7.68. The number of hydrogen-bond acceptors (Lipinski definition) is 2. The molecule has 11 heavy (non-hydrogen) atoms. The fourth-order valence-corrected chi connectivity index (χ4v) is 1.19. The van der Waals surface area contributed by atoms with Crippen LogP contribution in [0.2, 0.25) is 5.02 Å². The Morgan fingerprint density at radius 1 is 1.27 bits per heavy atom. The Labute approximate surface area is 69.7 Å². The first-order valence-corrected chi connectivity index (χ1v) is 3.71. The standard InChI is InChI=1S/C8H6ClO2/c9-6-2-1-3-7-8(6)11-5-4-10-7/h2-3H,4-5H2. The highest BCUT2D eigenvalue weighted by Gasteiger charge is 2.13. The Bertz CT molecular complexity index is 273. The van der Waals surface area contributed by atoms with Crippen LogP contribution in [0.3, 0.4) is 0 Å². The number of halogens is 1. The molecule has 1 aromatic rings. The number of ether oxygens (including phenoxy) is 2. The second-order valence-electron chi connectivity index (χ2n) is 2.19. The molecule has 0 bridgehead atoms. The molecular weight excluding hydrogens is 164 g/mol. The van der Waals surface area contributed by atoms with E-state index in [1.807, 2.05) is 0 Å². The van der Waals surface area contributed by atoms with Gasteiger partial charge in [0.05, 0.1) is 5.02 Å². The molecular formula is C8H6ClO2. The topological polar surface area (TPSA) is 18.5 Å². The molecule has 0 saturated heterocycles. The molecule has 0 aromatic heterocycles. The first-order valence-electron chi connectivity index (χ1n) is 3.33. The molecule has 2 nitrogen and oxygen atoms in total. The van der Waals surface area contributed by atoms with E-state index in [1.54, 1.807) is 12.1 Å². The average molecular weight is 170 g/mol. The molecule has 0 amide bonds. The van der Waals surface area contributed by atoms with E-state index >= 15 is 0 Å². The van der Waals surface area contributed by atoms with Crippen LogP contribution in [-0.2, 0) is 0 Å². The Hall–Kier alpha value is -0.890. The van der Waals surface area contributed by atoms with Crippen molar-refractivity contribution >= 4 is 11.6 Å². The van der Waals surface area contributed by atoms with Gasteiger partial charge in [0.15, 0.2) is 11.5 Å². The molecule has 1 radical (unpaired) electrons. The van der Waals surface area contributed by atoms with Crippen molar-refractivity contribution in [3.63, 3.8) is 0 Å². The summed E-state index contributed by atoms with van der Waals surface area (Å²) in [5.74, 6) is 1.32. The van der Waals surface area contributed by atoms with Crippen LogP contribution in [0.15, 0.2) is 12.1 Å². The van der Waals surface area contributed by atoms with Crippen LogP contribution in [0.5, 0.6) is 11.5 Å². The van der Waals surface area contributed by atoms with E-state index in [-0.39, 0.29) is 0 Å². The minimum absolute atomic E-state index is 0.558. The lowest BCUT2D eigenvalue weighted by atomic mass is 10.3. The molecule has 1 aliphatic rings. The fraction of sp³-hybridized carbons (Fsp3) is 0.250. The molecule has 0 aliphatic carbocycles. The van der Waals surface area contributed by atoms with Crippen LogP contribution in [0.4, 0.5) is 0 Å². The molecule has 0 atom stereocenters. The van der Waals surface area contributed by atoms with Crippen LogP contribution in [0.1, 0.15) is 0 Å². The van der Waals surface area contributed by atoms with Gasteiger partial charge in [-0.3, -0.25) is 0 Å². The summed E-state index contributed by atoms with van der Waals surface area (Å²) >= 11 is 5.81. The van der Waals surface area contributed by atoms with Crippen molar-refractivity contribution in [1.82, 2.24) is 0 Å². The third-order valence-corrected chi connectivity index (χ3v) is 1.73. The fourth-order valence-electron chi connectivity index (χ4n) is 0.982. The zero-order valence-corrected chi connectivity index (χ0v) is 6.52. The molecule has 1 aliphatic heterocycles. The second-order valence-corrected chi connectivity index (χ2v) is 2.60. The predicted molar refractivity (Wildman–Crippen MR) is 41.3 cm³/mol. The van der Waals surface area contributed by atoms with Crippen molar-refractivity contribution in [1.29, 1.82) is 0 Å². The number of benzene rings is 1. The first-order chi connectivity index (χ1) is 5.38. The minimum atomic E-state index is 0.558. The van der Waals surface area contributed by atoms with E-state index in [2.05, 4.69) is 6.07 Å². The maximum absolute atomic E-state index is 5.81. The maximum atomic E-state index is 5.81. The van der Waals surface area contributed by atoms with Gasteiger partial charge >= 0.3 is 0 Å². The quantitative estimate of drug-likeness (QED) is 0.591. The van der Waals surface area contributed by atoms with Gasteiger partial charge in [-0.15, -0.1) is 0 Å². The van der Waals surface area contributed by atoms with Gasteiger partial charge in [-0.1, -0.05) is 11.6 Å². The van der Waals surface area contributed by atoms with Crippen molar-refractivity contribution in [2.75, 3.05) is 13.2 Å². The van der Waals surface area contributed by atoms with Crippen LogP contribution in [-0.4, -0.2) is 13.2 Å². The van der Waals surface area contributed by atoms with Gasteiger partial charge in [0.25, 0.3) is 0 Å². The summed E-state index contributed by atoms with van der Waals surface area (Å²) in [7, 11) is 0. The van der Waals surface area contributed by atoms with Gasteiger partial charge < -0.3 is 9.47 Å². The third kappa shape index (κ3) is 1.14. The number of rotatable bonds is 0. The largest absolute Gasteiger partial charge is 0.486 e. The summed E-state index contributed by atoms with van der Waals surface area (Å²) in [6.45, 7) is 1.15. The van der Waals surface area contributed by atoms with Crippen molar-refractivity contribution in [3.8, 4) is 11.5 Å². The number of hydrogen-bond donors (Lipinski definition) is 0. The molecule has 0 saturated carbocycles. The summed E-state index contributed by atoms with van der Waals surface area (Å²) in [4.78, 5) is 0. The molecule has 1 heterocycles. The zero-order valence-electron chi connectivity index (χ0n) is 5.76.